The van der Waals surface area contributed by atoms with E-state index < -0.39 is 0 Å². The molecule has 1 N–H and O–H groups in total. The molecule has 7 heteroatoms. The van der Waals surface area contributed by atoms with Crippen LogP contribution in [0.15, 0.2) is 6.20 Å². The highest BCUT2D eigenvalue weighted by Crippen LogP contribution is 2.32. The topological polar surface area (TPSA) is 55.6 Å². The van der Waals surface area contributed by atoms with E-state index in [1.807, 2.05) is 11.7 Å². The smallest absolute Gasteiger partial charge is 0.0890 e. The minimum atomic E-state index is -0.00176. The predicted octanol–water partition coefficient (Wildman–Crippen LogP) is 3.06. The molecule has 0 aliphatic carbocycles. The summed E-state index contributed by atoms with van der Waals surface area (Å²) < 4.78 is 6.07. The lowest BCUT2D eigenvalue weighted by atomic mass is 10.1. The lowest BCUT2D eigenvalue weighted by Gasteiger charge is -2.17. The molecular formula is C13H20ClN5S. The summed E-state index contributed by atoms with van der Waals surface area (Å²) in [6.45, 7) is 5.13. The van der Waals surface area contributed by atoms with Crippen LogP contribution in [0.5, 0.6) is 0 Å². The van der Waals surface area contributed by atoms with Crippen LogP contribution in [-0.2, 0) is 13.0 Å². The van der Waals surface area contributed by atoms with Crippen molar-refractivity contribution >= 4 is 23.1 Å². The van der Waals surface area contributed by atoms with Gasteiger partial charge in [0, 0.05) is 6.54 Å². The quantitative estimate of drug-likeness (QED) is 0.853. The van der Waals surface area contributed by atoms with Gasteiger partial charge in [-0.2, -0.15) is 5.10 Å². The van der Waals surface area contributed by atoms with Gasteiger partial charge in [-0.1, -0.05) is 36.4 Å². The van der Waals surface area contributed by atoms with Crippen LogP contribution in [-0.4, -0.2) is 26.4 Å². The Morgan fingerprint density at radius 1 is 1.40 bits per heavy atom. The summed E-state index contributed by atoms with van der Waals surface area (Å²) in [5.41, 5.74) is 2.05. The summed E-state index contributed by atoms with van der Waals surface area (Å²) in [5.74, 6) is 0. The maximum absolute atomic E-state index is 6.34. The molecule has 20 heavy (non-hydrogen) atoms. The highest BCUT2D eigenvalue weighted by Gasteiger charge is 2.25. The number of hydrogen-bond acceptors (Lipinski definition) is 5. The van der Waals surface area contributed by atoms with Crippen molar-refractivity contribution in [3.8, 4) is 0 Å². The first-order valence-electron chi connectivity index (χ1n) is 6.92. The highest BCUT2D eigenvalue weighted by molar-refractivity contribution is 7.05. The molecule has 2 aromatic rings. The number of aryl methyl sites for hydroxylation is 2. The third-order valence-corrected chi connectivity index (χ3v) is 4.29. The van der Waals surface area contributed by atoms with Gasteiger partial charge >= 0.3 is 0 Å². The molecule has 0 aliphatic rings. The minimum absolute atomic E-state index is 0.00176. The monoisotopic (exact) mass is 313 g/mol. The van der Waals surface area contributed by atoms with E-state index in [-0.39, 0.29) is 6.04 Å². The number of rotatable bonds is 7. The lowest BCUT2D eigenvalue weighted by Crippen LogP contribution is -2.22. The highest BCUT2D eigenvalue weighted by atomic mass is 35.5. The van der Waals surface area contributed by atoms with Crippen LogP contribution in [0.2, 0.25) is 5.02 Å². The molecular weight excluding hydrogens is 294 g/mol. The number of nitrogens with zero attached hydrogens (tertiary/aromatic N) is 4. The van der Waals surface area contributed by atoms with Crippen molar-refractivity contribution in [1.29, 1.82) is 0 Å². The molecule has 0 aliphatic heterocycles. The first-order valence-corrected chi connectivity index (χ1v) is 8.07. The van der Waals surface area contributed by atoms with Gasteiger partial charge in [-0.15, -0.1) is 5.10 Å². The van der Waals surface area contributed by atoms with Gasteiger partial charge in [-0.3, -0.25) is 4.68 Å². The molecule has 2 heterocycles. The van der Waals surface area contributed by atoms with E-state index in [1.54, 1.807) is 6.20 Å². The Labute approximate surface area is 128 Å². The van der Waals surface area contributed by atoms with Crippen molar-refractivity contribution in [2.75, 3.05) is 7.05 Å². The Bertz CT molecular complexity index is 551. The molecule has 0 aromatic carbocycles. The standard InChI is InChI=1S/C13H20ClN5S/c1-4-6-10-13(20-18-17-10)11(15-3)12-9(14)8-16-19(12)7-5-2/h8,11,15H,4-7H2,1-3H3. The Morgan fingerprint density at radius 2 is 2.20 bits per heavy atom. The summed E-state index contributed by atoms with van der Waals surface area (Å²) in [6.07, 6.45) is 4.72. The van der Waals surface area contributed by atoms with E-state index in [2.05, 4.69) is 33.8 Å². The third-order valence-electron chi connectivity index (χ3n) is 3.16. The van der Waals surface area contributed by atoms with Gasteiger partial charge in [-0.05, 0) is 31.4 Å². The Kier molecular flexibility index (Phi) is 5.51. The Morgan fingerprint density at radius 3 is 2.85 bits per heavy atom. The van der Waals surface area contributed by atoms with E-state index >= 15 is 0 Å². The van der Waals surface area contributed by atoms with Crippen molar-refractivity contribution < 1.29 is 0 Å². The molecule has 110 valence electrons. The summed E-state index contributed by atoms with van der Waals surface area (Å²) in [5, 5.41) is 12.6. The SMILES string of the molecule is CCCc1nnsc1C(NC)c1c(Cl)cnn1CCC. The zero-order chi connectivity index (χ0) is 14.5. The molecule has 5 nitrogen and oxygen atoms in total. The van der Waals surface area contributed by atoms with E-state index in [0.29, 0.717) is 5.02 Å². The summed E-state index contributed by atoms with van der Waals surface area (Å²) >= 11 is 7.77. The van der Waals surface area contributed by atoms with Crippen molar-refractivity contribution in [2.24, 2.45) is 0 Å². The average molecular weight is 314 g/mol. The molecule has 0 spiro atoms. The number of nitrogens with one attached hydrogen (secondary N) is 1. The van der Waals surface area contributed by atoms with Crippen molar-refractivity contribution in [3.63, 3.8) is 0 Å². The summed E-state index contributed by atoms with van der Waals surface area (Å²) in [4.78, 5) is 1.13. The molecule has 1 unspecified atom stereocenters. The Hall–Kier alpha value is -0.980. The number of hydrogen-bond donors (Lipinski definition) is 1. The lowest BCUT2D eigenvalue weighted by molar-refractivity contribution is 0.535. The van der Waals surface area contributed by atoms with Crippen LogP contribution < -0.4 is 5.32 Å². The Balaban J connectivity index is 2.41. The summed E-state index contributed by atoms with van der Waals surface area (Å²) in [6, 6.07) is -0.00176. The molecule has 0 fully saturated rings. The second kappa shape index (κ2) is 7.15. The fourth-order valence-corrected chi connectivity index (χ4v) is 3.35. The van der Waals surface area contributed by atoms with E-state index in [9.17, 15) is 0 Å². The maximum Gasteiger partial charge on any atom is 0.0890 e. The van der Waals surface area contributed by atoms with Crippen molar-refractivity contribution in [2.45, 2.75) is 45.7 Å². The number of aromatic nitrogens is 4. The zero-order valence-corrected chi connectivity index (χ0v) is 13.6. The van der Waals surface area contributed by atoms with E-state index in [4.69, 9.17) is 11.6 Å². The summed E-state index contributed by atoms with van der Waals surface area (Å²) in [7, 11) is 1.93. The van der Waals surface area contributed by atoms with Gasteiger partial charge in [0.25, 0.3) is 0 Å². The second-order valence-corrected chi connectivity index (χ2v) is 5.85. The largest absolute Gasteiger partial charge is 0.307 e. The first kappa shape index (κ1) is 15.4. The molecule has 1 atom stereocenters. The average Bonchev–Trinajstić information content (AvgIpc) is 3.02. The van der Waals surface area contributed by atoms with Crippen molar-refractivity contribution in [1.82, 2.24) is 24.7 Å². The van der Waals surface area contributed by atoms with Gasteiger partial charge in [-0.25, -0.2) is 0 Å². The predicted molar refractivity (Wildman–Crippen MR) is 82.3 cm³/mol. The van der Waals surface area contributed by atoms with E-state index in [0.717, 1.165) is 42.1 Å². The molecule has 0 radical (unpaired) electrons. The molecule has 0 saturated carbocycles. The normalized spacial score (nSPS) is 12.8. The fourth-order valence-electron chi connectivity index (χ4n) is 2.29. The van der Waals surface area contributed by atoms with Gasteiger partial charge < -0.3 is 5.32 Å². The van der Waals surface area contributed by atoms with Crippen LogP contribution in [0, 0.1) is 0 Å². The second-order valence-electron chi connectivity index (χ2n) is 4.66. The van der Waals surface area contributed by atoms with Crippen LogP contribution in [0.1, 0.15) is 49.0 Å². The van der Waals surface area contributed by atoms with Crippen LogP contribution in [0.4, 0.5) is 0 Å². The van der Waals surface area contributed by atoms with Gasteiger partial charge in [0.1, 0.15) is 0 Å². The molecule has 0 bridgehead atoms. The van der Waals surface area contributed by atoms with Gasteiger partial charge in [0.2, 0.25) is 0 Å². The van der Waals surface area contributed by atoms with Gasteiger partial charge in [0.15, 0.2) is 0 Å². The molecule has 2 aromatic heterocycles. The first-order chi connectivity index (χ1) is 9.72. The van der Waals surface area contributed by atoms with Crippen LogP contribution in [0.25, 0.3) is 0 Å². The fraction of sp³-hybridized carbons (Fsp3) is 0.615. The van der Waals surface area contributed by atoms with Crippen molar-refractivity contribution in [3.05, 3.63) is 27.5 Å². The molecule has 0 amide bonds. The molecule has 2 rings (SSSR count). The number of halogens is 1. The van der Waals surface area contributed by atoms with Crippen LogP contribution in [0.3, 0.4) is 0 Å². The van der Waals surface area contributed by atoms with E-state index in [1.165, 1.54) is 11.5 Å². The third kappa shape index (κ3) is 3.02. The van der Waals surface area contributed by atoms with Gasteiger partial charge in [0.05, 0.1) is 33.5 Å². The minimum Gasteiger partial charge on any atom is -0.307 e. The zero-order valence-electron chi connectivity index (χ0n) is 12.1. The maximum atomic E-state index is 6.34. The molecule has 0 saturated heterocycles. The van der Waals surface area contributed by atoms with Crippen LogP contribution >= 0.6 is 23.1 Å².